The quantitative estimate of drug-likeness (QED) is 0.679. The lowest BCUT2D eigenvalue weighted by Gasteiger charge is -2.41. The molecule has 2 bridgehead atoms. The minimum atomic E-state index is -1.52. The van der Waals surface area contributed by atoms with Gasteiger partial charge in [0.15, 0.2) is 5.78 Å². The van der Waals surface area contributed by atoms with Crippen LogP contribution in [0.2, 0.25) is 0 Å². The third-order valence-corrected chi connectivity index (χ3v) is 4.40. The van der Waals surface area contributed by atoms with Gasteiger partial charge in [0.2, 0.25) is 0 Å². The van der Waals surface area contributed by atoms with E-state index in [0.717, 1.165) is 0 Å². The number of ether oxygens (including phenoxy) is 2. The van der Waals surface area contributed by atoms with Crippen molar-refractivity contribution in [3.8, 4) is 0 Å². The lowest BCUT2D eigenvalue weighted by atomic mass is 9.80. The predicted molar refractivity (Wildman–Crippen MR) is 71.0 cm³/mol. The molecule has 0 saturated carbocycles. The van der Waals surface area contributed by atoms with Crippen molar-refractivity contribution in [3.05, 3.63) is 23.0 Å². The molecule has 1 saturated heterocycles. The van der Waals surface area contributed by atoms with Crippen molar-refractivity contribution in [3.63, 3.8) is 0 Å². The molecular formula is C15H18O6. The number of rotatable bonds is 1. The Morgan fingerprint density at radius 1 is 1.38 bits per heavy atom. The van der Waals surface area contributed by atoms with Crippen LogP contribution in [0.25, 0.3) is 0 Å². The molecule has 21 heavy (non-hydrogen) atoms. The van der Waals surface area contributed by atoms with E-state index in [2.05, 4.69) is 0 Å². The fraction of sp³-hybridized carbons (Fsp3) is 0.600. The molecule has 0 radical (unpaired) electrons. The van der Waals surface area contributed by atoms with Crippen molar-refractivity contribution < 1.29 is 29.3 Å². The second kappa shape index (κ2) is 4.50. The molecule has 0 aromatic rings. The summed E-state index contributed by atoms with van der Waals surface area (Å²) in [6, 6.07) is 0. The molecule has 0 amide bonds. The van der Waals surface area contributed by atoms with E-state index in [4.69, 9.17) is 9.47 Å². The molecule has 2 N–H and O–H groups in total. The van der Waals surface area contributed by atoms with Gasteiger partial charge in [-0.1, -0.05) is 0 Å². The van der Waals surface area contributed by atoms with Crippen LogP contribution >= 0.6 is 0 Å². The van der Waals surface area contributed by atoms with E-state index in [-0.39, 0.29) is 24.2 Å². The van der Waals surface area contributed by atoms with Gasteiger partial charge in [-0.3, -0.25) is 4.79 Å². The SMILES string of the molecule is C[C@@]12C=C3OC(=O)C(CO)=C3[C@@H](C[C@@](C)(O)C(=O)CC1)O2. The van der Waals surface area contributed by atoms with E-state index in [1.165, 1.54) is 6.92 Å². The second-order valence-corrected chi connectivity index (χ2v) is 6.27. The summed E-state index contributed by atoms with van der Waals surface area (Å²) in [5.74, 6) is -0.454. The highest BCUT2D eigenvalue weighted by molar-refractivity contribution is 5.95. The van der Waals surface area contributed by atoms with Gasteiger partial charge in [-0.15, -0.1) is 0 Å². The molecule has 0 aromatic heterocycles. The van der Waals surface area contributed by atoms with E-state index in [1.54, 1.807) is 6.08 Å². The average Bonchev–Trinajstić information content (AvgIpc) is 2.69. The second-order valence-electron chi connectivity index (χ2n) is 6.27. The maximum absolute atomic E-state index is 12.1. The summed E-state index contributed by atoms with van der Waals surface area (Å²) < 4.78 is 11.2. The number of Topliss-reactive ketones (excluding diaryl/α,β-unsaturated/α-hetero) is 1. The maximum atomic E-state index is 12.1. The molecule has 3 heterocycles. The van der Waals surface area contributed by atoms with Crippen LogP contribution in [0.4, 0.5) is 0 Å². The van der Waals surface area contributed by atoms with Crippen LogP contribution in [0.3, 0.4) is 0 Å². The Labute approximate surface area is 122 Å². The summed E-state index contributed by atoms with van der Waals surface area (Å²) in [7, 11) is 0. The molecule has 1 fully saturated rings. The van der Waals surface area contributed by atoms with Crippen molar-refractivity contribution in [1.82, 2.24) is 0 Å². The summed E-state index contributed by atoms with van der Waals surface area (Å²) in [4.78, 5) is 23.9. The smallest absolute Gasteiger partial charge is 0.342 e. The number of ketones is 1. The summed E-state index contributed by atoms with van der Waals surface area (Å²) in [6.07, 6.45) is 1.67. The largest absolute Gasteiger partial charge is 0.423 e. The normalized spacial score (nSPS) is 39.4. The van der Waals surface area contributed by atoms with Crippen LogP contribution in [0, 0.1) is 0 Å². The van der Waals surface area contributed by atoms with Crippen LogP contribution in [0.5, 0.6) is 0 Å². The van der Waals surface area contributed by atoms with Crippen molar-refractivity contribution >= 4 is 11.8 Å². The number of hydrogen-bond acceptors (Lipinski definition) is 6. The fourth-order valence-electron chi connectivity index (χ4n) is 3.16. The van der Waals surface area contributed by atoms with Gasteiger partial charge >= 0.3 is 5.97 Å². The van der Waals surface area contributed by atoms with Gasteiger partial charge in [0.1, 0.15) is 11.4 Å². The number of esters is 1. The average molecular weight is 294 g/mol. The first-order chi connectivity index (χ1) is 9.76. The van der Waals surface area contributed by atoms with E-state index in [1.807, 2.05) is 6.92 Å². The van der Waals surface area contributed by atoms with E-state index in [9.17, 15) is 19.8 Å². The van der Waals surface area contributed by atoms with Gasteiger partial charge in [0, 0.05) is 18.4 Å². The fourth-order valence-corrected chi connectivity index (χ4v) is 3.16. The number of aliphatic hydroxyl groups excluding tert-OH is 1. The Hall–Kier alpha value is -1.50. The molecule has 114 valence electrons. The van der Waals surface area contributed by atoms with Crippen molar-refractivity contribution in [2.24, 2.45) is 0 Å². The molecule has 0 unspecified atom stereocenters. The Morgan fingerprint density at radius 3 is 2.76 bits per heavy atom. The van der Waals surface area contributed by atoms with Crippen LogP contribution in [-0.4, -0.2) is 45.9 Å². The molecule has 0 spiro atoms. The molecule has 3 atom stereocenters. The van der Waals surface area contributed by atoms with Gasteiger partial charge in [-0.25, -0.2) is 4.79 Å². The van der Waals surface area contributed by atoms with Gasteiger partial charge in [-0.05, 0) is 26.3 Å². The first-order valence-electron chi connectivity index (χ1n) is 6.98. The van der Waals surface area contributed by atoms with E-state index < -0.39 is 29.9 Å². The third-order valence-electron chi connectivity index (χ3n) is 4.40. The number of fused-ring (bicyclic) bond motifs is 4. The molecule has 3 aliphatic rings. The third kappa shape index (κ3) is 2.23. The van der Waals surface area contributed by atoms with Gasteiger partial charge in [0.05, 0.1) is 23.9 Å². The zero-order chi connectivity index (χ0) is 15.4. The van der Waals surface area contributed by atoms with Crippen molar-refractivity contribution in [1.29, 1.82) is 0 Å². The van der Waals surface area contributed by atoms with Crippen LogP contribution in [0.15, 0.2) is 23.0 Å². The first kappa shape index (κ1) is 14.4. The molecule has 0 aromatic carbocycles. The summed E-state index contributed by atoms with van der Waals surface area (Å²) >= 11 is 0. The number of carbonyl (C=O) groups is 2. The highest BCUT2D eigenvalue weighted by atomic mass is 16.6. The predicted octanol–water partition coefficient (Wildman–Crippen LogP) is 0.377. The van der Waals surface area contributed by atoms with Gasteiger partial charge in [-0.2, -0.15) is 0 Å². The molecule has 6 heteroatoms. The highest BCUT2D eigenvalue weighted by Gasteiger charge is 2.48. The zero-order valence-corrected chi connectivity index (χ0v) is 12.0. The molecule has 0 aliphatic carbocycles. The number of carbonyl (C=O) groups excluding carboxylic acids is 2. The summed E-state index contributed by atoms with van der Waals surface area (Å²) in [5, 5.41) is 19.7. The van der Waals surface area contributed by atoms with E-state index >= 15 is 0 Å². The van der Waals surface area contributed by atoms with Crippen LogP contribution in [-0.2, 0) is 19.1 Å². The minimum absolute atomic E-state index is 0.0359. The number of hydrogen-bond donors (Lipinski definition) is 2. The van der Waals surface area contributed by atoms with Crippen molar-refractivity contribution in [2.45, 2.75) is 50.4 Å². The Balaban J connectivity index is 2.11. The molecule has 6 nitrogen and oxygen atoms in total. The van der Waals surface area contributed by atoms with Crippen LogP contribution < -0.4 is 0 Å². The highest BCUT2D eigenvalue weighted by Crippen LogP contribution is 2.44. The molecule has 3 rings (SSSR count). The first-order valence-corrected chi connectivity index (χ1v) is 6.98. The topological polar surface area (TPSA) is 93.1 Å². The van der Waals surface area contributed by atoms with Gasteiger partial charge < -0.3 is 19.7 Å². The Kier molecular flexibility index (Phi) is 3.09. The van der Waals surface area contributed by atoms with Gasteiger partial charge in [0.25, 0.3) is 0 Å². The molecular weight excluding hydrogens is 276 g/mol. The van der Waals surface area contributed by atoms with E-state index in [0.29, 0.717) is 17.8 Å². The van der Waals surface area contributed by atoms with Crippen LogP contribution in [0.1, 0.15) is 33.1 Å². The number of aliphatic hydroxyl groups is 2. The lowest BCUT2D eigenvalue weighted by Crippen LogP contribution is -2.48. The maximum Gasteiger partial charge on any atom is 0.342 e. The summed E-state index contributed by atoms with van der Waals surface area (Å²) in [5.41, 5.74) is -1.65. The Morgan fingerprint density at radius 2 is 2.10 bits per heavy atom. The minimum Gasteiger partial charge on any atom is -0.423 e. The molecule has 3 aliphatic heterocycles. The lowest BCUT2D eigenvalue weighted by molar-refractivity contribution is -0.150. The Bertz CT molecular complexity index is 585. The summed E-state index contributed by atoms with van der Waals surface area (Å²) in [6.45, 7) is 2.82. The monoisotopic (exact) mass is 294 g/mol. The zero-order valence-electron chi connectivity index (χ0n) is 12.0. The standard InChI is InChI=1S/C15H18O6/c1-14-4-3-11(17)15(2,19)6-10(21-14)12-8(7-16)13(18)20-9(12)5-14/h5,10,16,19H,3-4,6-7H2,1-2H3/t10-,14+,15-/m1/s1. The van der Waals surface area contributed by atoms with Crippen molar-refractivity contribution in [2.75, 3.05) is 6.61 Å².